The molecule has 4 heteroatoms. The molecule has 0 fully saturated rings. The van der Waals surface area contributed by atoms with E-state index in [2.05, 4.69) is 113 Å². The number of aryl methyl sites for hydroxylation is 1. The molecule has 0 aliphatic rings. The van der Waals surface area contributed by atoms with E-state index in [1.807, 2.05) is 0 Å². The van der Waals surface area contributed by atoms with Gasteiger partial charge in [0.25, 0.3) is 0 Å². The average molecular weight is 471 g/mol. The topological polar surface area (TPSA) is 16.4 Å². The third-order valence-electron chi connectivity index (χ3n) is 4.84. The van der Waals surface area contributed by atoms with Crippen molar-refractivity contribution in [3.63, 3.8) is 0 Å². The van der Waals surface area contributed by atoms with Gasteiger partial charge in [0.1, 0.15) is 5.58 Å². The zero-order valence-corrected chi connectivity index (χ0v) is 18.7. The van der Waals surface area contributed by atoms with E-state index in [1.165, 1.54) is 27.2 Å². The van der Waals surface area contributed by atoms with E-state index < -0.39 is 8.07 Å². The van der Waals surface area contributed by atoms with Crippen LogP contribution >= 0.6 is 22.9 Å². The lowest BCUT2D eigenvalue weighted by molar-refractivity contribution is 0.666. The van der Waals surface area contributed by atoms with Crippen LogP contribution in [0.3, 0.4) is 0 Å². The quantitative estimate of drug-likeness (QED) is 0.183. The molecule has 0 saturated carbocycles. The van der Waals surface area contributed by atoms with Gasteiger partial charge >= 0.3 is 0 Å². The fraction of sp³-hybridized carbons (Fsp3) is 0.182. The molecule has 0 atom stereocenters. The number of halogens is 1. The van der Waals surface area contributed by atoms with Crippen molar-refractivity contribution in [2.45, 2.75) is 26.6 Å². The highest BCUT2D eigenvalue weighted by Crippen LogP contribution is 2.40. The number of benzene rings is 3. The zero-order valence-electron chi connectivity index (χ0n) is 15.5. The van der Waals surface area contributed by atoms with Crippen molar-refractivity contribution in [2.24, 2.45) is 0 Å². The monoisotopic (exact) mass is 471 g/mol. The Morgan fingerprint density at radius 1 is 0.769 bits per heavy atom. The molecule has 3 aromatic carbocycles. The highest BCUT2D eigenvalue weighted by atomic mass is 127. The second kappa shape index (κ2) is 6.42. The van der Waals surface area contributed by atoms with Crippen LogP contribution in [0.4, 0.5) is 11.4 Å². The average Bonchev–Trinajstić information content (AvgIpc) is 3.01. The standard InChI is InChI=1S/C22H22INOSi/c1-15-9-7-10-16-17-11-8-13-19(22(17)25-21(15)16)24(23)18-12-5-6-14-20(18)26(2,3)4/h5-14H,1-4H3. The number of rotatable bonds is 3. The summed E-state index contributed by atoms with van der Waals surface area (Å²) in [4.78, 5) is 0. The molecule has 1 aromatic heterocycles. The van der Waals surface area contributed by atoms with Crippen LogP contribution in [-0.2, 0) is 0 Å². The van der Waals surface area contributed by atoms with Crippen molar-refractivity contribution in [1.29, 1.82) is 0 Å². The summed E-state index contributed by atoms with van der Waals surface area (Å²) in [5.41, 5.74) is 5.48. The number of hydrogen-bond donors (Lipinski definition) is 0. The molecule has 132 valence electrons. The van der Waals surface area contributed by atoms with Gasteiger partial charge in [0.2, 0.25) is 0 Å². The Balaban J connectivity index is 1.96. The van der Waals surface area contributed by atoms with Crippen LogP contribution in [0.25, 0.3) is 21.9 Å². The van der Waals surface area contributed by atoms with Crippen molar-refractivity contribution in [2.75, 3.05) is 3.11 Å². The Hall–Kier alpha value is -1.79. The molecular weight excluding hydrogens is 449 g/mol. The van der Waals surface area contributed by atoms with Crippen LogP contribution in [0.1, 0.15) is 5.56 Å². The molecule has 0 unspecified atom stereocenters. The molecule has 0 N–H and O–H groups in total. The number of para-hydroxylation sites is 3. The zero-order chi connectivity index (χ0) is 18.5. The van der Waals surface area contributed by atoms with E-state index >= 15 is 0 Å². The Bertz CT molecular complexity index is 1110. The van der Waals surface area contributed by atoms with Crippen molar-refractivity contribution >= 4 is 69.4 Å². The number of furan rings is 1. The Kier molecular flexibility index (Phi) is 4.35. The lowest BCUT2D eigenvalue weighted by atomic mass is 10.1. The third kappa shape index (κ3) is 2.85. The van der Waals surface area contributed by atoms with E-state index in [0.29, 0.717) is 0 Å². The van der Waals surface area contributed by atoms with Crippen molar-refractivity contribution in [3.8, 4) is 0 Å². The van der Waals surface area contributed by atoms with Gasteiger partial charge in [-0.2, -0.15) is 0 Å². The Morgan fingerprint density at radius 2 is 1.38 bits per heavy atom. The highest BCUT2D eigenvalue weighted by molar-refractivity contribution is 14.1. The van der Waals surface area contributed by atoms with Gasteiger partial charge in [-0.1, -0.05) is 68.2 Å². The van der Waals surface area contributed by atoms with E-state index in [-0.39, 0.29) is 0 Å². The SMILES string of the molecule is Cc1cccc2c1oc1c(N(I)c3ccccc3[Si](C)(C)C)cccc12. The number of hydrogen-bond acceptors (Lipinski definition) is 2. The van der Waals surface area contributed by atoms with Gasteiger partial charge in [0.15, 0.2) is 5.58 Å². The van der Waals surface area contributed by atoms with Crippen molar-refractivity contribution in [3.05, 3.63) is 66.2 Å². The first kappa shape index (κ1) is 17.6. The summed E-state index contributed by atoms with van der Waals surface area (Å²) in [5, 5.41) is 3.82. The number of anilines is 2. The first-order chi connectivity index (χ1) is 12.4. The van der Waals surface area contributed by atoms with E-state index in [4.69, 9.17) is 4.42 Å². The normalized spacial score (nSPS) is 12.0. The summed E-state index contributed by atoms with van der Waals surface area (Å²) < 4.78 is 8.60. The maximum absolute atomic E-state index is 6.35. The fourth-order valence-electron chi connectivity index (χ4n) is 3.51. The highest BCUT2D eigenvalue weighted by Gasteiger charge is 2.24. The van der Waals surface area contributed by atoms with Gasteiger partial charge < -0.3 is 4.42 Å². The number of fused-ring (bicyclic) bond motifs is 3. The largest absolute Gasteiger partial charge is 0.454 e. The van der Waals surface area contributed by atoms with Gasteiger partial charge in [-0.3, -0.25) is 3.11 Å². The lowest BCUT2D eigenvalue weighted by Crippen LogP contribution is -2.39. The molecule has 0 spiro atoms. The summed E-state index contributed by atoms with van der Waals surface area (Å²) in [6, 6.07) is 21.5. The second-order valence-corrected chi connectivity index (χ2v) is 13.8. The Labute approximate surface area is 169 Å². The van der Waals surface area contributed by atoms with Crippen LogP contribution in [-0.4, -0.2) is 8.07 Å². The predicted octanol–water partition coefficient (Wildman–Crippen LogP) is 6.93. The minimum Gasteiger partial charge on any atom is -0.454 e. The third-order valence-corrected chi connectivity index (χ3v) is 7.91. The molecule has 0 aliphatic heterocycles. The van der Waals surface area contributed by atoms with Crippen molar-refractivity contribution < 1.29 is 4.42 Å². The molecule has 4 rings (SSSR count). The van der Waals surface area contributed by atoms with Gasteiger partial charge in [-0.25, -0.2) is 0 Å². The smallest absolute Gasteiger partial charge is 0.159 e. The van der Waals surface area contributed by atoms with Gasteiger partial charge in [0, 0.05) is 10.8 Å². The molecule has 0 radical (unpaired) electrons. The summed E-state index contributed by atoms with van der Waals surface area (Å²) in [7, 11) is -1.46. The van der Waals surface area contributed by atoms with Crippen LogP contribution in [0.5, 0.6) is 0 Å². The Morgan fingerprint density at radius 3 is 2.12 bits per heavy atom. The maximum atomic E-state index is 6.35. The van der Waals surface area contributed by atoms with Gasteiger partial charge in [-0.15, -0.1) is 0 Å². The minimum absolute atomic E-state index is 0.955. The van der Waals surface area contributed by atoms with Crippen molar-refractivity contribution in [1.82, 2.24) is 0 Å². The van der Waals surface area contributed by atoms with Gasteiger partial charge in [-0.05, 0) is 29.8 Å². The first-order valence-corrected chi connectivity index (χ1v) is 13.3. The molecule has 0 bridgehead atoms. The van der Waals surface area contributed by atoms with Crippen LogP contribution in [0.15, 0.2) is 65.1 Å². The first-order valence-electron chi connectivity index (χ1n) is 8.84. The summed E-state index contributed by atoms with van der Waals surface area (Å²) in [6.07, 6.45) is 0. The second-order valence-electron chi connectivity index (χ2n) is 7.76. The predicted molar refractivity (Wildman–Crippen MR) is 124 cm³/mol. The summed E-state index contributed by atoms with van der Waals surface area (Å²) in [6.45, 7) is 9.27. The van der Waals surface area contributed by atoms with E-state index in [1.54, 1.807) is 0 Å². The summed E-state index contributed by atoms with van der Waals surface area (Å²) in [5.74, 6) is 0. The molecule has 2 nitrogen and oxygen atoms in total. The molecule has 0 amide bonds. The molecular formula is C22H22INOSi. The summed E-state index contributed by atoms with van der Waals surface area (Å²) >= 11 is 2.42. The molecule has 4 aromatic rings. The molecule has 1 heterocycles. The number of nitrogens with zero attached hydrogens (tertiary/aromatic N) is 1. The minimum atomic E-state index is -1.46. The molecule has 0 aliphatic carbocycles. The molecule has 26 heavy (non-hydrogen) atoms. The van der Waals surface area contributed by atoms with Crippen LogP contribution in [0.2, 0.25) is 19.6 Å². The van der Waals surface area contributed by atoms with E-state index in [9.17, 15) is 0 Å². The van der Waals surface area contributed by atoms with Crippen LogP contribution in [0, 0.1) is 6.92 Å². The fourth-order valence-corrected chi connectivity index (χ4v) is 6.10. The maximum Gasteiger partial charge on any atom is 0.159 e. The molecule has 0 saturated heterocycles. The van der Waals surface area contributed by atoms with Gasteiger partial charge in [0.05, 0.1) is 42.3 Å². The van der Waals surface area contributed by atoms with E-state index in [0.717, 1.165) is 16.9 Å². The van der Waals surface area contributed by atoms with Crippen LogP contribution < -0.4 is 8.30 Å². The lowest BCUT2D eigenvalue weighted by Gasteiger charge is -2.26.